The Balaban J connectivity index is 2.05. The predicted molar refractivity (Wildman–Crippen MR) is 56.9 cm³/mol. The summed E-state index contributed by atoms with van der Waals surface area (Å²) in [6, 6.07) is 0. The van der Waals surface area contributed by atoms with E-state index in [1.807, 2.05) is 6.92 Å². The molecule has 16 heavy (non-hydrogen) atoms. The van der Waals surface area contributed by atoms with Crippen molar-refractivity contribution in [3.63, 3.8) is 0 Å². The lowest BCUT2D eigenvalue weighted by molar-refractivity contribution is -0.190. The predicted octanol–water partition coefficient (Wildman–Crippen LogP) is 1.47. The van der Waals surface area contributed by atoms with Crippen molar-refractivity contribution in [1.29, 1.82) is 0 Å². The van der Waals surface area contributed by atoms with Crippen molar-refractivity contribution in [3.8, 4) is 0 Å². The van der Waals surface area contributed by atoms with Crippen LogP contribution in [0.4, 0.5) is 0 Å². The summed E-state index contributed by atoms with van der Waals surface area (Å²) in [5, 5.41) is 0. The van der Waals surface area contributed by atoms with Crippen molar-refractivity contribution in [3.05, 3.63) is 0 Å². The van der Waals surface area contributed by atoms with E-state index in [1.54, 1.807) is 0 Å². The van der Waals surface area contributed by atoms with Gasteiger partial charge < -0.3 is 9.47 Å². The Morgan fingerprint density at radius 2 is 2.12 bits per heavy atom. The number of rotatable bonds is 3. The van der Waals surface area contributed by atoms with Crippen molar-refractivity contribution < 1.29 is 19.1 Å². The van der Waals surface area contributed by atoms with E-state index in [4.69, 9.17) is 9.47 Å². The van der Waals surface area contributed by atoms with Crippen LogP contribution in [0.5, 0.6) is 0 Å². The molecular weight excluding hydrogens is 208 g/mol. The molecule has 1 saturated heterocycles. The zero-order chi connectivity index (χ0) is 11.6. The van der Waals surface area contributed by atoms with E-state index in [0.29, 0.717) is 38.9 Å². The number of carbonyl (C=O) groups is 2. The van der Waals surface area contributed by atoms with Gasteiger partial charge in [0.25, 0.3) is 0 Å². The second kappa shape index (κ2) is 4.63. The Labute approximate surface area is 95.3 Å². The third-order valence-electron chi connectivity index (χ3n) is 3.35. The summed E-state index contributed by atoms with van der Waals surface area (Å²) >= 11 is 0. The minimum Gasteiger partial charge on any atom is -0.347 e. The fourth-order valence-electron chi connectivity index (χ4n) is 2.49. The number of hydrogen-bond acceptors (Lipinski definition) is 4. The van der Waals surface area contributed by atoms with Crippen molar-refractivity contribution in [2.24, 2.45) is 5.92 Å². The molecule has 0 aromatic carbocycles. The SMILES string of the molecule is CCCC(=O)C1CC2(CCC1=O)OCCO2. The Kier molecular flexibility index (Phi) is 3.40. The monoisotopic (exact) mass is 226 g/mol. The van der Waals surface area contributed by atoms with Crippen LogP contribution in [0.25, 0.3) is 0 Å². The van der Waals surface area contributed by atoms with E-state index in [-0.39, 0.29) is 11.6 Å². The van der Waals surface area contributed by atoms with Gasteiger partial charge in [0.2, 0.25) is 0 Å². The third-order valence-corrected chi connectivity index (χ3v) is 3.35. The summed E-state index contributed by atoms with van der Waals surface area (Å²) in [5.74, 6) is -1.03. The van der Waals surface area contributed by atoms with Crippen LogP contribution in [0.2, 0.25) is 0 Å². The molecule has 90 valence electrons. The summed E-state index contributed by atoms with van der Waals surface area (Å²) in [4.78, 5) is 23.5. The normalized spacial score (nSPS) is 28.6. The zero-order valence-corrected chi connectivity index (χ0v) is 9.66. The van der Waals surface area contributed by atoms with Gasteiger partial charge >= 0.3 is 0 Å². The van der Waals surface area contributed by atoms with Gasteiger partial charge in [0, 0.05) is 25.7 Å². The van der Waals surface area contributed by atoms with Gasteiger partial charge in [-0.25, -0.2) is 0 Å². The number of Topliss-reactive ketones (excluding diaryl/α,β-unsaturated/α-hetero) is 2. The first kappa shape index (κ1) is 11.7. The molecule has 4 nitrogen and oxygen atoms in total. The van der Waals surface area contributed by atoms with Crippen LogP contribution in [0.1, 0.15) is 39.0 Å². The molecule has 0 aromatic rings. The van der Waals surface area contributed by atoms with E-state index in [0.717, 1.165) is 6.42 Å². The maximum absolute atomic E-state index is 11.8. The second-order valence-corrected chi connectivity index (χ2v) is 4.55. The van der Waals surface area contributed by atoms with Gasteiger partial charge in [-0.1, -0.05) is 6.92 Å². The highest BCUT2D eigenvalue weighted by Crippen LogP contribution is 2.37. The highest BCUT2D eigenvalue weighted by Gasteiger charge is 2.46. The van der Waals surface area contributed by atoms with Crippen LogP contribution >= 0.6 is 0 Å². The molecule has 1 aliphatic carbocycles. The van der Waals surface area contributed by atoms with E-state index < -0.39 is 11.7 Å². The Morgan fingerprint density at radius 3 is 2.75 bits per heavy atom. The lowest BCUT2D eigenvalue weighted by Gasteiger charge is -2.34. The third kappa shape index (κ3) is 2.18. The van der Waals surface area contributed by atoms with Crippen molar-refractivity contribution in [2.45, 2.75) is 44.8 Å². The molecule has 1 unspecified atom stereocenters. The number of carbonyl (C=O) groups excluding carboxylic acids is 2. The van der Waals surface area contributed by atoms with E-state index in [1.165, 1.54) is 0 Å². The quantitative estimate of drug-likeness (QED) is 0.684. The van der Waals surface area contributed by atoms with Crippen molar-refractivity contribution in [1.82, 2.24) is 0 Å². The van der Waals surface area contributed by atoms with Gasteiger partial charge in [-0.2, -0.15) is 0 Å². The van der Waals surface area contributed by atoms with E-state index in [2.05, 4.69) is 0 Å². The van der Waals surface area contributed by atoms with Gasteiger partial charge in [0.15, 0.2) is 5.79 Å². The summed E-state index contributed by atoms with van der Waals surface area (Å²) in [6.07, 6.45) is 2.69. The molecule has 1 atom stereocenters. The first-order valence-corrected chi connectivity index (χ1v) is 6.00. The van der Waals surface area contributed by atoms with Crippen LogP contribution in [-0.2, 0) is 19.1 Å². The second-order valence-electron chi connectivity index (χ2n) is 4.55. The van der Waals surface area contributed by atoms with Crippen LogP contribution in [0.3, 0.4) is 0 Å². The summed E-state index contributed by atoms with van der Waals surface area (Å²) < 4.78 is 11.1. The number of ether oxygens (including phenoxy) is 2. The van der Waals surface area contributed by atoms with Crippen LogP contribution in [0.15, 0.2) is 0 Å². The molecule has 1 heterocycles. The van der Waals surface area contributed by atoms with E-state index in [9.17, 15) is 9.59 Å². The van der Waals surface area contributed by atoms with Crippen LogP contribution in [0, 0.1) is 5.92 Å². The minimum absolute atomic E-state index is 0.0469. The van der Waals surface area contributed by atoms with Crippen LogP contribution < -0.4 is 0 Å². The molecule has 1 saturated carbocycles. The van der Waals surface area contributed by atoms with Gasteiger partial charge in [0.05, 0.1) is 19.1 Å². The summed E-state index contributed by atoms with van der Waals surface area (Å²) in [7, 11) is 0. The molecular formula is C12H18O4. The fourth-order valence-corrected chi connectivity index (χ4v) is 2.49. The zero-order valence-electron chi connectivity index (χ0n) is 9.66. The highest BCUT2D eigenvalue weighted by atomic mass is 16.7. The molecule has 4 heteroatoms. The maximum atomic E-state index is 11.8. The summed E-state index contributed by atoms with van der Waals surface area (Å²) in [6.45, 7) is 3.09. The molecule has 0 radical (unpaired) electrons. The molecule has 2 fully saturated rings. The largest absolute Gasteiger partial charge is 0.347 e. The Hall–Kier alpha value is -0.740. The first-order valence-electron chi connectivity index (χ1n) is 6.00. The number of hydrogen-bond donors (Lipinski definition) is 0. The van der Waals surface area contributed by atoms with E-state index >= 15 is 0 Å². The standard InChI is InChI=1S/C12H18O4/c1-2-3-10(13)9-8-12(5-4-11(9)14)15-6-7-16-12/h9H,2-8H2,1H3. The smallest absolute Gasteiger partial charge is 0.170 e. The number of ketones is 2. The fraction of sp³-hybridized carbons (Fsp3) is 0.833. The average Bonchev–Trinajstić information content (AvgIpc) is 2.71. The Morgan fingerprint density at radius 1 is 1.44 bits per heavy atom. The Bertz CT molecular complexity index is 291. The lowest BCUT2D eigenvalue weighted by atomic mass is 9.80. The van der Waals surface area contributed by atoms with Crippen LogP contribution in [-0.4, -0.2) is 30.6 Å². The molecule has 0 aromatic heterocycles. The maximum Gasteiger partial charge on any atom is 0.170 e. The first-order chi connectivity index (χ1) is 7.67. The molecule has 0 amide bonds. The molecule has 0 N–H and O–H groups in total. The van der Waals surface area contributed by atoms with Crippen molar-refractivity contribution in [2.75, 3.05) is 13.2 Å². The minimum atomic E-state index is -0.637. The van der Waals surface area contributed by atoms with Crippen molar-refractivity contribution >= 4 is 11.6 Å². The highest BCUT2D eigenvalue weighted by molar-refractivity contribution is 6.02. The van der Waals surface area contributed by atoms with Gasteiger partial charge in [0.1, 0.15) is 11.6 Å². The molecule has 0 bridgehead atoms. The summed E-state index contributed by atoms with van der Waals surface area (Å²) in [5.41, 5.74) is 0. The molecule has 1 spiro atoms. The van der Waals surface area contributed by atoms with Gasteiger partial charge in [-0.05, 0) is 6.42 Å². The lowest BCUT2D eigenvalue weighted by Crippen LogP contribution is -2.43. The molecule has 2 rings (SSSR count). The molecule has 2 aliphatic rings. The van der Waals surface area contributed by atoms with Gasteiger partial charge in [-0.3, -0.25) is 9.59 Å². The average molecular weight is 226 g/mol. The van der Waals surface area contributed by atoms with Gasteiger partial charge in [-0.15, -0.1) is 0 Å². The topological polar surface area (TPSA) is 52.6 Å². The molecule has 1 aliphatic heterocycles.